The van der Waals surface area contributed by atoms with Crippen LogP contribution in [-0.4, -0.2) is 0 Å². The van der Waals surface area contributed by atoms with Gasteiger partial charge in [0.1, 0.15) is 5.82 Å². The predicted octanol–water partition coefficient (Wildman–Crippen LogP) is 14.8. The lowest BCUT2D eigenvalue weighted by Crippen LogP contribution is -2.28. The molecule has 0 atom stereocenters. The van der Waals surface area contributed by atoms with Gasteiger partial charge in [-0.1, -0.05) is 178 Å². The van der Waals surface area contributed by atoms with Crippen LogP contribution in [0.3, 0.4) is 0 Å². The van der Waals surface area contributed by atoms with E-state index < -0.39 is 5.41 Å². The molecule has 11 rings (SSSR count). The number of rotatable bonds is 6. The van der Waals surface area contributed by atoms with Crippen molar-refractivity contribution in [2.24, 2.45) is 0 Å². The van der Waals surface area contributed by atoms with E-state index >= 15 is 4.39 Å². The van der Waals surface area contributed by atoms with Crippen LogP contribution in [0.4, 0.5) is 21.5 Å². The van der Waals surface area contributed by atoms with E-state index in [1.165, 1.54) is 50.1 Å². The van der Waals surface area contributed by atoms with Crippen molar-refractivity contribution in [1.29, 1.82) is 0 Å². The molecule has 0 fully saturated rings. The highest BCUT2D eigenvalue weighted by molar-refractivity contribution is 6.05. The minimum Gasteiger partial charge on any atom is -0.310 e. The predicted molar refractivity (Wildman–Crippen MR) is 239 cm³/mol. The Morgan fingerprint density at radius 2 is 0.931 bits per heavy atom. The zero-order valence-corrected chi connectivity index (χ0v) is 32.5. The van der Waals surface area contributed by atoms with E-state index in [1.807, 2.05) is 12.1 Å². The molecule has 58 heavy (non-hydrogen) atoms. The molecule has 2 aliphatic rings. The molecule has 9 aromatic carbocycles. The average molecular weight is 746 g/mol. The molecule has 9 aromatic rings. The highest BCUT2D eigenvalue weighted by atomic mass is 19.1. The molecule has 0 saturated carbocycles. The SMILES string of the molecule is CC1(C)c2ccccc2-c2ccc(N(c3ccc(-c4ccccc4)cc3)c3ccc4c(c3)C(c3ccccc3)(c3ccccc3)c3ccc5c(F)cccc5c3-4)cc21. The van der Waals surface area contributed by atoms with Crippen molar-refractivity contribution in [1.82, 2.24) is 0 Å². The first-order valence-electron chi connectivity index (χ1n) is 20.1. The summed E-state index contributed by atoms with van der Waals surface area (Å²) in [5, 5.41) is 1.56. The van der Waals surface area contributed by atoms with E-state index in [0.29, 0.717) is 5.39 Å². The Balaban J connectivity index is 1.19. The Morgan fingerprint density at radius 3 is 1.62 bits per heavy atom. The van der Waals surface area contributed by atoms with Gasteiger partial charge in [0.25, 0.3) is 0 Å². The van der Waals surface area contributed by atoms with Crippen molar-refractivity contribution in [3.8, 4) is 33.4 Å². The van der Waals surface area contributed by atoms with E-state index in [9.17, 15) is 0 Å². The third-order valence-electron chi connectivity index (χ3n) is 12.8. The summed E-state index contributed by atoms with van der Waals surface area (Å²) in [5.74, 6) is -0.206. The van der Waals surface area contributed by atoms with E-state index in [0.717, 1.165) is 39.1 Å². The minimum absolute atomic E-state index is 0.156. The number of fused-ring (bicyclic) bond motifs is 8. The summed E-state index contributed by atoms with van der Waals surface area (Å²) in [4.78, 5) is 2.41. The Hall–Kier alpha value is -7.03. The van der Waals surface area contributed by atoms with Gasteiger partial charge in [-0.2, -0.15) is 0 Å². The number of benzene rings is 9. The number of hydrogen-bond acceptors (Lipinski definition) is 1. The average Bonchev–Trinajstić information content (AvgIpc) is 3.70. The summed E-state index contributed by atoms with van der Waals surface area (Å²) >= 11 is 0. The highest BCUT2D eigenvalue weighted by Gasteiger charge is 2.47. The second-order valence-corrected chi connectivity index (χ2v) is 16.2. The zero-order valence-electron chi connectivity index (χ0n) is 32.5. The molecule has 2 heteroatoms. The van der Waals surface area contributed by atoms with Crippen LogP contribution in [0.25, 0.3) is 44.2 Å². The van der Waals surface area contributed by atoms with Crippen LogP contribution in [0.15, 0.2) is 206 Å². The lowest BCUT2D eigenvalue weighted by atomic mass is 9.67. The Labute approximate surface area is 339 Å². The molecule has 0 unspecified atom stereocenters. The summed E-state index contributed by atoms with van der Waals surface area (Å²) in [6.45, 7) is 4.68. The Bertz CT molecular complexity index is 2980. The molecule has 0 aromatic heterocycles. The molecule has 0 bridgehead atoms. The minimum atomic E-state index is -0.659. The van der Waals surface area contributed by atoms with Gasteiger partial charge in [0, 0.05) is 27.9 Å². The molecule has 0 amide bonds. The number of hydrogen-bond donors (Lipinski definition) is 0. The van der Waals surface area contributed by atoms with E-state index in [-0.39, 0.29) is 11.2 Å². The van der Waals surface area contributed by atoms with Crippen LogP contribution in [0, 0.1) is 5.82 Å². The third-order valence-corrected chi connectivity index (χ3v) is 12.8. The summed E-state index contributed by atoms with van der Waals surface area (Å²) in [7, 11) is 0. The van der Waals surface area contributed by atoms with Gasteiger partial charge in [-0.05, 0) is 115 Å². The van der Waals surface area contributed by atoms with Crippen molar-refractivity contribution < 1.29 is 4.39 Å². The van der Waals surface area contributed by atoms with Gasteiger partial charge in [-0.3, -0.25) is 0 Å². The summed E-state index contributed by atoms with van der Waals surface area (Å²) in [6, 6.07) is 73.5. The van der Waals surface area contributed by atoms with E-state index in [4.69, 9.17) is 0 Å². The van der Waals surface area contributed by atoms with Crippen LogP contribution in [0.5, 0.6) is 0 Å². The largest absolute Gasteiger partial charge is 0.310 e. The molecule has 0 saturated heterocycles. The Kier molecular flexibility index (Phi) is 7.68. The molecule has 0 radical (unpaired) electrons. The smallest absolute Gasteiger partial charge is 0.131 e. The summed E-state index contributed by atoms with van der Waals surface area (Å²) in [5.41, 5.74) is 16.9. The second-order valence-electron chi connectivity index (χ2n) is 16.2. The van der Waals surface area contributed by atoms with Crippen LogP contribution < -0.4 is 4.90 Å². The highest BCUT2D eigenvalue weighted by Crippen LogP contribution is 2.59. The van der Waals surface area contributed by atoms with Crippen LogP contribution >= 0.6 is 0 Å². The molecular weight excluding hydrogens is 706 g/mol. The van der Waals surface area contributed by atoms with Crippen molar-refractivity contribution in [2.45, 2.75) is 24.7 Å². The quantitative estimate of drug-likeness (QED) is 0.164. The molecule has 0 heterocycles. The maximum absolute atomic E-state index is 15.6. The molecule has 0 spiro atoms. The van der Waals surface area contributed by atoms with Crippen molar-refractivity contribution in [3.05, 3.63) is 245 Å². The Morgan fingerprint density at radius 1 is 0.379 bits per heavy atom. The summed E-state index contributed by atoms with van der Waals surface area (Å²) < 4.78 is 15.6. The number of nitrogens with zero attached hydrogens (tertiary/aromatic N) is 1. The van der Waals surface area contributed by atoms with E-state index in [2.05, 4.69) is 207 Å². The topological polar surface area (TPSA) is 3.24 Å². The fourth-order valence-corrected chi connectivity index (χ4v) is 10.1. The van der Waals surface area contributed by atoms with Gasteiger partial charge in [0.2, 0.25) is 0 Å². The lowest BCUT2D eigenvalue weighted by molar-refractivity contribution is 0.640. The fraction of sp³-hybridized carbons (Fsp3) is 0.0714. The normalized spacial score (nSPS) is 14.1. The number of halogens is 1. The first-order chi connectivity index (χ1) is 28.4. The van der Waals surface area contributed by atoms with Crippen LogP contribution in [0.2, 0.25) is 0 Å². The maximum Gasteiger partial charge on any atom is 0.131 e. The molecular formula is C56H40FN. The van der Waals surface area contributed by atoms with Crippen molar-refractivity contribution >= 4 is 27.8 Å². The maximum atomic E-state index is 15.6. The van der Waals surface area contributed by atoms with Gasteiger partial charge in [-0.15, -0.1) is 0 Å². The van der Waals surface area contributed by atoms with Gasteiger partial charge in [0.15, 0.2) is 0 Å². The monoisotopic (exact) mass is 745 g/mol. The lowest BCUT2D eigenvalue weighted by Gasteiger charge is -2.35. The first kappa shape index (κ1) is 34.2. The molecule has 0 N–H and O–H groups in total. The van der Waals surface area contributed by atoms with Gasteiger partial charge in [0.05, 0.1) is 5.41 Å². The standard InChI is InChI=1S/C56H40FN/c1-55(2)49-23-13-12-21-44(49)45-31-29-42(35-51(45)55)58(41-27-25-38(26-28-41)37-15-6-3-7-16-37)43-30-32-48-52(36-43)56(39-17-8-4-9-18-39,40-19-10-5-11-20-40)50-34-33-46-47(54(48)50)22-14-24-53(46)57/h3-36H,1-2H3. The fourth-order valence-electron chi connectivity index (χ4n) is 10.1. The van der Waals surface area contributed by atoms with E-state index in [1.54, 1.807) is 6.07 Å². The zero-order chi connectivity index (χ0) is 39.0. The van der Waals surface area contributed by atoms with Gasteiger partial charge >= 0.3 is 0 Å². The number of anilines is 3. The molecule has 2 aliphatic carbocycles. The summed E-state index contributed by atoms with van der Waals surface area (Å²) in [6.07, 6.45) is 0. The first-order valence-corrected chi connectivity index (χ1v) is 20.1. The van der Waals surface area contributed by atoms with Gasteiger partial charge < -0.3 is 4.90 Å². The van der Waals surface area contributed by atoms with Crippen molar-refractivity contribution in [3.63, 3.8) is 0 Å². The van der Waals surface area contributed by atoms with Crippen LogP contribution in [0.1, 0.15) is 47.2 Å². The van der Waals surface area contributed by atoms with Crippen LogP contribution in [-0.2, 0) is 10.8 Å². The van der Waals surface area contributed by atoms with Gasteiger partial charge in [-0.25, -0.2) is 4.39 Å². The second kappa shape index (κ2) is 13.0. The molecule has 276 valence electrons. The third kappa shape index (κ3) is 4.94. The molecule has 0 aliphatic heterocycles. The molecule has 1 nitrogen and oxygen atoms in total. The van der Waals surface area contributed by atoms with Crippen molar-refractivity contribution in [2.75, 3.05) is 4.90 Å².